The number of nitriles is 1. The number of hydrogen-bond acceptors (Lipinski definition) is 4. The van der Waals surface area contributed by atoms with E-state index in [0.717, 1.165) is 16.7 Å². The minimum Gasteiger partial charge on any atom is -0.493 e. The molecule has 156 valence electrons. The molecular weight excluding hydrogens is 410 g/mol. The SMILES string of the molecule is COc1cc(/C=C(\C#N)c2ccc(Cl)cc2)ccc1OC(=O)CCc1ccc(C)cc1. The maximum Gasteiger partial charge on any atom is 0.311 e. The number of esters is 1. The third-order valence-electron chi connectivity index (χ3n) is 4.74. The zero-order valence-electron chi connectivity index (χ0n) is 17.4. The predicted molar refractivity (Wildman–Crippen MR) is 123 cm³/mol. The van der Waals surface area contributed by atoms with Gasteiger partial charge in [-0.3, -0.25) is 4.79 Å². The van der Waals surface area contributed by atoms with Crippen molar-refractivity contribution in [2.75, 3.05) is 7.11 Å². The first-order chi connectivity index (χ1) is 15.0. The summed E-state index contributed by atoms with van der Waals surface area (Å²) in [4.78, 5) is 12.3. The van der Waals surface area contributed by atoms with E-state index >= 15 is 0 Å². The first-order valence-corrected chi connectivity index (χ1v) is 10.2. The molecule has 0 spiro atoms. The number of carbonyl (C=O) groups excluding carboxylic acids is 1. The molecule has 0 aliphatic rings. The summed E-state index contributed by atoms with van der Waals surface area (Å²) < 4.78 is 10.9. The second-order valence-electron chi connectivity index (χ2n) is 7.05. The van der Waals surface area contributed by atoms with Gasteiger partial charge in [-0.2, -0.15) is 5.26 Å². The fourth-order valence-electron chi connectivity index (χ4n) is 3.01. The Kier molecular flexibility index (Phi) is 7.48. The molecule has 0 unspecified atom stereocenters. The molecule has 0 aromatic heterocycles. The number of aryl methyl sites for hydroxylation is 2. The first kappa shape index (κ1) is 22.1. The van der Waals surface area contributed by atoms with Gasteiger partial charge in [0.25, 0.3) is 0 Å². The highest BCUT2D eigenvalue weighted by molar-refractivity contribution is 6.30. The highest BCUT2D eigenvalue weighted by Crippen LogP contribution is 2.30. The number of ether oxygens (including phenoxy) is 2. The normalized spacial score (nSPS) is 11.0. The molecule has 0 N–H and O–H groups in total. The Morgan fingerprint density at radius 3 is 2.39 bits per heavy atom. The Hall–Kier alpha value is -3.55. The maximum absolute atomic E-state index is 12.3. The van der Waals surface area contributed by atoms with Crippen LogP contribution in [0.15, 0.2) is 66.7 Å². The molecule has 0 amide bonds. The lowest BCUT2D eigenvalue weighted by Crippen LogP contribution is -2.10. The van der Waals surface area contributed by atoms with Crippen LogP contribution in [0.5, 0.6) is 11.5 Å². The van der Waals surface area contributed by atoms with Gasteiger partial charge in [-0.05, 0) is 60.4 Å². The molecular formula is C26H22ClNO3. The van der Waals surface area contributed by atoms with Crippen molar-refractivity contribution in [1.29, 1.82) is 5.26 Å². The molecule has 0 heterocycles. The Bertz CT molecular complexity index is 1130. The van der Waals surface area contributed by atoms with Gasteiger partial charge >= 0.3 is 5.97 Å². The number of hydrogen-bond donors (Lipinski definition) is 0. The van der Waals surface area contributed by atoms with Crippen LogP contribution in [0.4, 0.5) is 0 Å². The van der Waals surface area contributed by atoms with Crippen LogP contribution in [0.3, 0.4) is 0 Å². The van der Waals surface area contributed by atoms with Crippen LogP contribution in [-0.2, 0) is 11.2 Å². The van der Waals surface area contributed by atoms with Crippen LogP contribution >= 0.6 is 11.6 Å². The smallest absolute Gasteiger partial charge is 0.311 e. The third kappa shape index (κ3) is 6.21. The predicted octanol–water partition coefficient (Wildman–Crippen LogP) is 6.26. The standard InChI is InChI=1S/C26H22ClNO3/c1-18-3-5-19(6-4-18)8-14-26(29)31-24-13-7-20(16-25(24)30-2)15-22(17-28)21-9-11-23(27)12-10-21/h3-7,9-13,15-16H,8,14H2,1-2H3/b22-15+. The molecule has 0 bridgehead atoms. The van der Waals surface area contributed by atoms with Crippen molar-refractivity contribution in [3.63, 3.8) is 0 Å². The molecule has 3 aromatic carbocycles. The highest BCUT2D eigenvalue weighted by Gasteiger charge is 2.12. The minimum atomic E-state index is -0.332. The van der Waals surface area contributed by atoms with Crippen LogP contribution < -0.4 is 9.47 Å². The number of allylic oxidation sites excluding steroid dienone is 1. The van der Waals surface area contributed by atoms with Crippen molar-refractivity contribution in [3.05, 3.63) is 94.0 Å². The average molecular weight is 432 g/mol. The topological polar surface area (TPSA) is 59.3 Å². The highest BCUT2D eigenvalue weighted by atomic mass is 35.5. The molecule has 0 fully saturated rings. The number of carbonyl (C=O) groups is 1. The van der Waals surface area contributed by atoms with Gasteiger partial charge in [0.2, 0.25) is 0 Å². The fourth-order valence-corrected chi connectivity index (χ4v) is 3.14. The molecule has 0 atom stereocenters. The van der Waals surface area contributed by atoms with Crippen LogP contribution in [0, 0.1) is 18.3 Å². The van der Waals surface area contributed by atoms with Gasteiger partial charge in [-0.15, -0.1) is 0 Å². The van der Waals surface area contributed by atoms with Crippen LogP contribution in [-0.4, -0.2) is 13.1 Å². The van der Waals surface area contributed by atoms with E-state index in [2.05, 4.69) is 6.07 Å². The molecule has 31 heavy (non-hydrogen) atoms. The molecule has 5 heteroatoms. The van der Waals surface area contributed by atoms with Crippen LogP contribution in [0.2, 0.25) is 5.02 Å². The van der Waals surface area contributed by atoms with Crippen LogP contribution in [0.25, 0.3) is 11.6 Å². The zero-order chi connectivity index (χ0) is 22.2. The molecule has 0 saturated carbocycles. The lowest BCUT2D eigenvalue weighted by atomic mass is 10.0. The van der Waals surface area contributed by atoms with Crippen molar-refractivity contribution < 1.29 is 14.3 Å². The van der Waals surface area contributed by atoms with E-state index in [-0.39, 0.29) is 12.4 Å². The molecule has 3 rings (SSSR count). The van der Waals surface area contributed by atoms with Gasteiger partial charge in [0.1, 0.15) is 0 Å². The lowest BCUT2D eigenvalue weighted by molar-refractivity contribution is -0.134. The lowest BCUT2D eigenvalue weighted by Gasteiger charge is -2.10. The molecule has 0 aliphatic carbocycles. The minimum absolute atomic E-state index is 0.267. The van der Waals surface area contributed by atoms with E-state index in [1.54, 1.807) is 48.5 Å². The fraction of sp³-hybridized carbons (Fsp3) is 0.154. The number of methoxy groups -OCH3 is 1. The quantitative estimate of drug-likeness (QED) is 0.192. The van der Waals surface area contributed by atoms with Crippen molar-refractivity contribution in [2.45, 2.75) is 19.8 Å². The summed E-state index contributed by atoms with van der Waals surface area (Å²) in [6, 6.07) is 22.5. The van der Waals surface area contributed by atoms with Gasteiger partial charge in [0, 0.05) is 11.4 Å². The van der Waals surface area contributed by atoms with Gasteiger partial charge in [0.15, 0.2) is 11.5 Å². The second kappa shape index (κ2) is 10.5. The van der Waals surface area contributed by atoms with E-state index in [9.17, 15) is 10.1 Å². The summed E-state index contributed by atoms with van der Waals surface area (Å²) >= 11 is 5.92. The summed E-state index contributed by atoms with van der Waals surface area (Å²) in [5.41, 5.74) is 4.27. The summed E-state index contributed by atoms with van der Waals surface area (Å²) in [6.07, 6.45) is 2.62. The number of benzene rings is 3. The van der Waals surface area contributed by atoms with Crippen molar-refractivity contribution in [2.24, 2.45) is 0 Å². The molecule has 3 aromatic rings. The van der Waals surface area contributed by atoms with Gasteiger partial charge in [-0.25, -0.2) is 0 Å². The van der Waals surface area contributed by atoms with E-state index in [4.69, 9.17) is 21.1 Å². The first-order valence-electron chi connectivity index (χ1n) is 9.80. The monoisotopic (exact) mass is 431 g/mol. The van der Waals surface area contributed by atoms with E-state index in [1.165, 1.54) is 12.7 Å². The Morgan fingerprint density at radius 2 is 1.74 bits per heavy atom. The van der Waals surface area contributed by atoms with Crippen molar-refractivity contribution in [3.8, 4) is 17.6 Å². The summed E-state index contributed by atoms with van der Waals surface area (Å²) in [5.74, 6) is 0.436. The second-order valence-corrected chi connectivity index (χ2v) is 7.48. The van der Waals surface area contributed by atoms with E-state index < -0.39 is 0 Å². The van der Waals surface area contributed by atoms with E-state index in [1.807, 2.05) is 31.2 Å². The summed E-state index contributed by atoms with van der Waals surface area (Å²) in [5, 5.41) is 10.1. The maximum atomic E-state index is 12.3. The van der Waals surface area contributed by atoms with Gasteiger partial charge in [-0.1, -0.05) is 59.6 Å². The number of rotatable bonds is 7. The van der Waals surface area contributed by atoms with Gasteiger partial charge < -0.3 is 9.47 Å². The summed E-state index contributed by atoms with van der Waals surface area (Å²) in [6.45, 7) is 2.03. The van der Waals surface area contributed by atoms with Crippen molar-refractivity contribution >= 4 is 29.2 Å². The largest absolute Gasteiger partial charge is 0.493 e. The molecule has 0 radical (unpaired) electrons. The van der Waals surface area contributed by atoms with Crippen LogP contribution in [0.1, 0.15) is 28.7 Å². The molecule has 4 nitrogen and oxygen atoms in total. The van der Waals surface area contributed by atoms with E-state index in [0.29, 0.717) is 28.5 Å². The zero-order valence-corrected chi connectivity index (χ0v) is 18.1. The van der Waals surface area contributed by atoms with Gasteiger partial charge in [0.05, 0.1) is 18.8 Å². The Morgan fingerprint density at radius 1 is 1.03 bits per heavy atom. The molecule has 0 aliphatic heterocycles. The Labute approximate surface area is 187 Å². The van der Waals surface area contributed by atoms with Crippen molar-refractivity contribution in [1.82, 2.24) is 0 Å². The number of nitrogens with zero attached hydrogens (tertiary/aromatic N) is 1. The average Bonchev–Trinajstić information content (AvgIpc) is 2.78. The number of halogens is 1. The molecule has 0 saturated heterocycles. The summed E-state index contributed by atoms with van der Waals surface area (Å²) in [7, 11) is 1.51. The third-order valence-corrected chi connectivity index (χ3v) is 4.99. The Balaban J connectivity index is 1.71.